The third-order valence-electron chi connectivity index (χ3n) is 4.00. The lowest BCUT2D eigenvalue weighted by atomic mass is 10.0. The molecule has 0 radical (unpaired) electrons. The van der Waals surface area contributed by atoms with Crippen molar-refractivity contribution in [3.8, 4) is 22.8 Å². The van der Waals surface area contributed by atoms with E-state index in [1.54, 1.807) is 36.4 Å². The predicted octanol–water partition coefficient (Wildman–Crippen LogP) is 3.63. The molecule has 0 bridgehead atoms. The number of Topliss-reactive ketones (excluding diaryl/α,β-unsaturated/α-hetero) is 1. The van der Waals surface area contributed by atoms with Crippen LogP contribution in [-0.2, 0) is 9.47 Å². The van der Waals surface area contributed by atoms with E-state index in [0.717, 1.165) is 0 Å². The van der Waals surface area contributed by atoms with Gasteiger partial charge in [0.1, 0.15) is 28.4 Å². The van der Waals surface area contributed by atoms with Crippen molar-refractivity contribution in [1.29, 1.82) is 0 Å². The average molecular weight is 384 g/mol. The fraction of sp³-hybridized carbons (Fsp3) is 0.238. The fourth-order valence-corrected chi connectivity index (χ4v) is 2.80. The molecule has 0 amide bonds. The Labute approximate surface area is 161 Å². The highest BCUT2D eigenvalue weighted by molar-refractivity contribution is 6.00. The van der Waals surface area contributed by atoms with Crippen molar-refractivity contribution < 1.29 is 28.2 Å². The van der Waals surface area contributed by atoms with Crippen LogP contribution >= 0.6 is 0 Å². The van der Waals surface area contributed by atoms with Crippen LogP contribution in [0.25, 0.3) is 22.3 Å². The lowest BCUT2D eigenvalue weighted by molar-refractivity contribution is 0.0446. The number of ketones is 1. The molecule has 1 heterocycles. The van der Waals surface area contributed by atoms with Crippen LogP contribution in [0, 0.1) is 0 Å². The van der Waals surface area contributed by atoms with Crippen molar-refractivity contribution in [2.45, 2.75) is 6.92 Å². The SMILES string of the molecule is COCOc1cc(-c2cc(=O)c3ccccc3o2)cc(OCOC)c1C(C)=O. The maximum atomic E-state index is 12.4. The Kier molecular flexibility index (Phi) is 6.08. The molecule has 146 valence electrons. The molecule has 7 heteroatoms. The molecule has 0 spiro atoms. The van der Waals surface area contributed by atoms with Gasteiger partial charge in [-0.15, -0.1) is 0 Å². The van der Waals surface area contributed by atoms with Crippen LogP contribution in [0.4, 0.5) is 0 Å². The molecule has 3 aromatic rings. The monoisotopic (exact) mass is 384 g/mol. The second-order valence-corrected chi connectivity index (χ2v) is 5.98. The van der Waals surface area contributed by atoms with Crippen LogP contribution < -0.4 is 14.9 Å². The number of hydrogen-bond acceptors (Lipinski definition) is 7. The van der Waals surface area contributed by atoms with Crippen molar-refractivity contribution >= 4 is 16.8 Å². The number of ether oxygens (including phenoxy) is 4. The first kappa shape index (κ1) is 19.6. The Morgan fingerprint density at radius 1 is 0.964 bits per heavy atom. The molecule has 28 heavy (non-hydrogen) atoms. The van der Waals surface area contributed by atoms with Crippen molar-refractivity contribution in [3.63, 3.8) is 0 Å². The van der Waals surface area contributed by atoms with Crippen molar-refractivity contribution in [1.82, 2.24) is 0 Å². The van der Waals surface area contributed by atoms with Gasteiger partial charge in [0.2, 0.25) is 0 Å². The molecule has 1 aromatic heterocycles. The Morgan fingerprint density at radius 3 is 2.14 bits per heavy atom. The van der Waals surface area contributed by atoms with E-state index in [-0.39, 0.29) is 41.9 Å². The van der Waals surface area contributed by atoms with E-state index < -0.39 is 0 Å². The summed E-state index contributed by atoms with van der Waals surface area (Å²) in [7, 11) is 2.95. The zero-order valence-electron chi connectivity index (χ0n) is 15.8. The van der Waals surface area contributed by atoms with Gasteiger partial charge in [-0.25, -0.2) is 0 Å². The first-order chi connectivity index (χ1) is 13.5. The van der Waals surface area contributed by atoms with Crippen LogP contribution in [0.2, 0.25) is 0 Å². The number of methoxy groups -OCH3 is 2. The van der Waals surface area contributed by atoms with E-state index in [0.29, 0.717) is 22.3 Å². The second-order valence-electron chi connectivity index (χ2n) is 5.98. The third kappa shape index (κ3) is 4.05. The van der Waals surface area contributed by atoms with Gasteiger partial charge in [-0.3, -0.25) is 9.59 Å². The minimum atomic E-state index is -0.247. The Morgan fingerprint density at radius 2 is 1.57 bits per heavy atom. The van der Waals surface area contributed by atoms with Gasteiger partial charge in [-0.1, -0.05) is 12.1 Å². The molecule has 0 aliphatic carbocycles. The molecule has 0 N–H and O–H groups in total. The van der Waals surface area contributed by atoms with Gasteiger partial charge < -0.3 is 23.4 Å². The molecule has 0 unspecified atom stereocenters. The third-order valence-corrected chi connectivity index (χ3v) is 4.00. The maximum absolute atomic E-state index is 12.4. The molecule has 0 atom stereocenters. The summed E-state index contributed by atoms with van der Waals surface area (Å²) in [6.07, 6.45) is 0. The summed E-state index contributed by atoms with van der Waals surface area (Å²) < 4.78 is 26.9. The number of para-hydroxylation sites is 1. The number of hydrogen-bond donors (Lipinski definition) is 0. The Balaban J connectivity index is 2.19. The Bertz CT molecular complexity index is 1020. The molecule has 0 aliphatic rings. The second kappa shape index (κ2) is 8.69. The van der Waals surface area contributed by atoms with Gasteiger partial charge in [0, 0.05) is 25.8 Å². The Hall–Kier alpha value is -3.16. The zero-order valence-corrected chi connectivity index (χ0v) is 15.8. The smallest absolute Gasteiger partial charge is 0.193 e. The number of benzene rings is 2. The van der Waals surface area contributed by atoms with Gasteiger partial charge >= 0.3 is 0 Å². The molecule has 0 aliphatic heterocycles. The number of carbonyl (C=O) groups is 1. The van der Waals surface area contributed by atoms with Gasteiger partial charge in [0.05, 0.1) is 5.39 Å². The standard InChI is InChI=1S/C21H20O7/c1-13(22)21-19(26-11-24-2)8-14(9-20(21)27-12-25-3)18-10-16(23)15-6-4-5-7-17(15)28-18/h4-10H,11-12H2,1-3H3. The minimum absolute atomic E-state index is 0.0604. The molecular formula is C21H20O7. The van der Waals surface area contributed by atoms with Crippen molar-refractivity contribution in [2.75, 3.05) is 27.8 Å². The summed E-state index contributed by atoms with van der Waals surface area (Å²) in [6.45, 7) is 1.29. The lowest BCUT2D eigenvalue weighted by Gasteiger charge is -2.16. The van der Waals surface area contributed by atoms with Gasteiger partial charge in [0.15, 0.2) is 24.8 Å². The quantitative estimate of drug-likeness (QED) is 0.433. The highest BCUT2D eigenvalue weighted by Crippen LogP contribution is 2.36. The van der Waals surface area contributed by atoms with Crippen LogP contribution in [0.5, 0.6) is 11.5 Å². The first-order valence-corrected chi connectivity index (χ1v) is 8.51. The summed E-state index contributed by atoms with van der Waals surface area (Å²) in [5.41, 5.74) is 1.05. The van der Waals surface area contributed by atoms with E-state index in [1.165, 1.54) is 27.2 Å². The molecule has 2 aromatic carbocycles. The molecule has 7 nitrogen and oxygen atoms in total. The summed E-state index contributed by atoms with van der Waals surface area (Å²) >= 11 is 0. The first-order valence-electron chi connectivity index (χ1n) is 8.51. The molecule has 0 fully saturated rings. The van der Waals surface area contributed by atoms with Crippen LogP contribution in [-0.4, -0.2) is 33.6 Å². The van der Waals surface area contributed by atoms with Crippen LogP contribution in [0.3, 0.4) is 0 Å². The van der Waals surface area contributed by atoms with E-state index in [2.05, 4.69) is 0 Å². The van der Waals surface area contributed by atoms with Gasteiger partial charge in [-0.05, 0) is 31.2 Å². The van der Waals surface area contributed by atoms with Gasteiger partial charge in [-0.2, -0.15) is 0 Å². The normalized spacial score (nSPS) is 10.8. The number of rotatable bonds is 8. The van der Waals surface area contributed by atoms with Crippen LogP contribution in [0.1, 0.15) is 17.3 Å². The van der Waals surface area contributed by atoms with E-state index >= 15 is 0 Å². The molecule has 3 rings (SSSR count). The van der Waals surface area contributed by atoms with Gasteiger partial charge in [0.25, 0.3) is 0 Å². The van der Waals surface area contributed by atoms with Crippen molar-refractivity contribution in [3.05, 3.63) is 58.3 Å². The van der Waals surface area contributed by atoms with E-state index in [9.17, 15) is 9.59 Å². The molecule has 0 saturated heterocycles. The topological polar surface area (TPSA) is 84.2 Å². The zero-order chi connectivity index (χ0) is 20.1. The van der Waals surface area contributed by atoms with Crippen LogP contribution in [0.15, 0.2) is 51.7 Å². The van der Waals surface area contributed by atoms with E-state index in [1.807, 2.05) is 0 Å². The maximum Gasteiger partial charge on any atom is 0.193 e. The molecule has 0 saturated carbocycles. The summed E-state index contributed by atoms with van der Waals surface area (Å²) in [5.74, 6) is 0.592. The largest absolute Gasteiger partial charge is 0.467 e. The summed E-state index contributed by atoms with van der Waals surface area (Å²) in [5, 5.41) is 0.485. The van der Waals surface area contributed by atoms with E-state index in [4.69, 9.17) is 23.4 Å². The minimum Gasteiger partial charge on any atom is -0.467 e. The summed E-state index contributed by atoms with van der Waals surface area (Å²) in [6, 6.07) is 11.6. The summed E-state index contributed by atoms with van der Waals surface area (Å²) in [4.78, 5) is 24.6. The number of fused-ring (bicyclic) bond motifs is 1. The average Bonchev–Trinajstić information content (AvgIpc) is 2.69. The lowest BCUT2D eigenvalue weighted by Crippen LogP contribution is -2.09. The highest BCUT2D eigenvalue weighted by Gasteiger charge is 2.20. The molecular weight excluding hydrogens is 364 g/mol. The fourth-order valence-electron chi connectivity index (χ4n) is 2.80. The predicted molar refractivity (Wildman–Crippen MR) is 103 cm³/mol. The highest BCUT2D eigenvalue weighted by atomic mass is 16.7. The number of carbonyl (C=O) groups excluding carboxylic acids is 1. The van der Waals surface area contributed by atoms with Crippen molar-refractivity contribution in [2.24, 2.45) is 0 Å².